The average Bonchev–Trinajstić information content (AvgIpc) is 2.79. The van der Waals surface area contributed by atoms with Crippen LogP contribution in [0.2, 0.25) is 0 Å². The number of para-hydroxylation sites is 2. The summed E-state index contributed by atoms with van der Waals surface area (Å²) in [5.41, 5.74) is 2.48. The van der Waals surface area contributed by atoms with Gasteiger partial charge in [-0.05, 0) is 55.5 Å². The molecule has 3 aromatic rings. The second-order valence-corrected chi connectivity index (χ2v) is 6.78. The quantitative estimate of drug-likeness (QED) is 0.665. The summed E-state index contributed by atoms with van der Waals surface area (Å²) in [7, 11) is 0. The Labute approximate surface area is 178 Å². The second kappa shape index (κ2) is 8.66. The van der Waals surface area contributed by atoms with E-state index in [1.807, 2.05) is 13.0 Å². The highest BCUT2D eigenvalue weighted by atomic mass is 16.5. The Bertz CT molecular complexity index is 1140. The molecule has 0 atom stereocenters. The van der Waals surface area contributed by atoms with Crippen molar-refractivity contribution in [3.05, 3.63) is 78.0 Å². The number of hydrogen-bond acceptors (Lipinski definition) is 5. The number of hydrogen-bond donors (Lipinski definition) is 2. The van der Waals surface area contributed by atoms with Crippen LogP contribution in [0.15, 0.2) is 66.9 Å². The van der Waals surface area contributed by atoms with E-state index in [1.54, 1.807) is 60.8 Å². The number of fused-ring (bicyclic) bond motifs is 1. The molecule has 0 saturated carbocycles. The number of amides is 3. The molecule has 156 valence electrons. The standard InChI is InChI=1S/C23H20N4O4/c1-2-31-22-17(6-5-13-24-22)21(29)25-16-11-9-15(10-12-16)23(30)27-14-20(28)26-18-7-3-4-8-19(18)27/h3-13H,2,14H2,1H3,(H,25,29)(H,26,28). The van der Waals surface area contributed by atoms with E-state index >= 15 is 0 Å². The van der Waals surface area contributed by atoms with E-state index in [1.165, 1.54) is 4.90 Å². The first kappa shape index (κ1) is 20.1. The third-order valence-corrected chi connectivity index (χ3v) is 4.70. The van der Waals surface area contributed by atoms with E-state index in [2.05, 4.69) is 15.6 Å². The van der Waals surface area contributed by atoms with Gasteiger partial charge in [-0.3, -0.25) is 19.3 Å². The van der Waals surface area contributed by atoms with Gasteiger partial charge in [0.25, 0.3) is 11.8 Å². The Morgan fingerprint density at radius 3 is 2.65 bits per heavy atom. The fraction of sp³-hybridized carbons (Fsp3) is 0.130. The zero-order chi connectivity index (χ0) is 21.8. The largest absolute Gasteiger partial charge is 0.477 e. The van der Waals surface area contributed by atoms with E-state index in [9.17, 15) is 14.4 Å². The van der Waals surface area contributed by atoms with Gasteiger partial charge in [-0.15, -0.1) is 0 Å². The Morgan fingerprint density at radius 1 is 1.10 bits per heavy atom. The van der Waals surface area contributed by atoms with Gasteiger partial charge in [-0.25, -0.2) is 4.98 Å². The van der Waals surface area contributed by atoms with Crippen molar-refractivity contribution in [3.8, 4) is 5.88 Å². The minimum Gasteiger partial charge on any atom is -0.477 e. The summed E-state index contributed by atoms with van der Waals surface area (Å²) < 4.78 is 5.40. The first-order chi connectivity index (χ1) is 15.1. The van der Waals surface area contributed by atoms with Crippen molar-refractivity contribution in [2.75, 3.05) is 28.7 Å². The van der Waals surface area contributed by atoms with Crippen LogP contribution in [0.4, 0.5) is 17.1 Å². The van der Waals surface area contributed by atoms with Crippen molar-refractivity contribution in [3.63, 3.8) is 0 Å². The molecule has 1 aliphatic rings. The zero-order valence-corrected chi connectivity index (χ0v) is 16.8. The van der Waals surface area contributed by atoms with E-state index in [0.29, 0.717) is 34.8 Å². The van der Waals surface area contributed by atoms with E-state index < -0.39 is 0 Å². The van der Waals surface area contributed by atoms with Crippen LogP contribution in [0.3, 0.4) is 0 Å². The van der Waals surface area contributed by atoms with Gasteiger partial charge in [-0.2, -0.15) is 0 Å². The van der Waals surface area contributed by atoms with E-state index in [-0.39, 0.29) is 30.1 Å². The molecule has 0 unspecified atom stereocenters. The van der Waals surface area contributed by atoms with Crippen LogP contribution in [-0.2, 0) is 4.79 Å². The Kier molecular flexibility index (Phi) is 5.61. The molecule has 1 aliphatic heterocycles. The maximum Gasteiger partial charge on any atom is 0.261 e. The lowest BCUT2D eigenvalue weighted by Crippen LogP contribution is -2.42. The van der Waals surface area contributed by atoms with Gasteiger partial charge in [0.05, 0.1) is 18.0 Å². The number of nitrogens with zero attached hydrogens (tertiary/aromatic N) is 2. The molecule has 1 aromatic heterocycles. The number of carbonyl (C=O) groups is 3. The van der Waals surface area contributed by atoms with Gasteiger partial charge in [0.2, 0.25) is 11.8 Å². The van der Waals surface area contributed by atoms with Crippen molar-refractivity contribution in [2.24, 2.45) is 0 Å². The van der Waals surface area contributed by atoms with E-state index in [0.717, 1.165) is 0 Å². The first-order valence-corrected chi connectivity index (χ1v) is 9.77. The molecule has 8 heteroatoms. The number of pyridine rings is 1. The summed E-state index contributed by atoms with van der Waals surface area (Å²) >= 11 is 0. The summed E-state index contributed by atoms with van der Waals surface area (Å²) in [6.45, 7) is 2.15. The SMILES string of the molecule is CCOc1ncccc1C(=O)Nc1ccc(C(=O)N2CC(=O)Nc3ccccc32)cc1. The molecule has 2 heterocycles. The van der Waals surface area contributed by atoms with Crippen LogP contribution in [0.1, 0.15) is 27.6 Å². The fourth-order valence-corrected chi connectivity index (χ4v) is 3.28. The highest BCUT2D eigenvalue weighted by Gasteiger charge is 2.27. The molecule has 2 aromatic carbocycles. The Hall–Kier alpha value is -4.20. The third-order valence-electron chi connectivity index (χ3n) is 4.70. The summed E-state index contributed by atoms with van der Waals surface area (Å²) in [5, 5.41) is 5.54. The zero-order valence-electron chi connectivity index (χ0n) is 16.8. The van der Waals surface area contributed by atoms with Crippen molar-refractivity contribution < 1.29 is 19.1 Å². The van der Waals surface area contributed by atoms with Gasteiger partial charge >= 0.3 is 0 Å². The summed E-state index contributed by atoms with van der Waals surface area (Å²) in [4.78, 5) is 43.1. The number of aromatic nitrogens is 1. The first-order valence-electron chi connectivity index (χ1n) is 9.77. The molecular weight excluding hydrogens is 396 g/mol. The molecule has 3 amide bonds. The van der Waals surface area contributed by atoms with E-state index in [4.69, 9.17) is 4.74 Å². The third kappa shape index (κ3) is 4.23. The molecule has 31 heavy (non-hydrogen) atoms. The van der Waals surface area contributed by atoms with Gasteiger partial charge in [-0.1, -0.05) is 12.1 Å². The molecule has 0 spiro atoms. The molecule has 2 N–H and O–H groups in total. The molecule has 8 nitrogen and oxygen atoms in total. The van der Waals surface area contributed by atoms with Crippen molar-refractivity contribution >= 4 is 34.8 Å². The molecule has 0 aliphatic carbocycles. The minimum atomic E-state index is -0.364. The normalized spacial score (nSPS) is 12.5. The topological polar surface area (TPSA) is 101 Å². The van der Waals surface area contributed by atoms with Crippen molar-refractivity contribution in [1.82, 2.24) is 4.98 Å². The summed E-state index contributed by atoms with van der Waals surface area (Å²) in [5.74, 6) is -0.655. The predicted octanol–water partition coefficient (Wildman–Crippen LogP) is 3.33. The highest BCUT2D eigenvalue weighted by molar-refractivity contribution is 6.15. The van der Waals surface area contributed by atoms with Gasteiger partial charge in [0, 0.05) is 17.4 Å². The minimum absolute atomic E-state index is 0.0600. The van der Waals surface area contributed by atoms with Gasteiger partial charge in [0.1, 0.15) is 12.1 Å². The van der Waals surface area contributed by atoms with Crippen LogP contribution >= 0.6 is 0 Å². The van der Waals surface area contributed by atoms with Crippen molar-refractivity contribution in [2.45, 2.75) is 6.92 Å². The number of benzene rings is 2. The van der Waals surface area contributed by atoms with Crippen molar-refractivity contribution in [1.29, 1.82) is 0 Å². The number of ether oxygens (including phenoxy) is 1. The van der Waals surface area contributed by atoms with Crippen LogP contribution in [-0.4, -0.2) is 35.9 Å². The van der Waals surface area contributed by atoms with Gasteiger partial charge in [0.15, 0.2) is 0 Å². The molecule has 4 rings (SSSR count). The maximum absolute atomic E-state index is 13.0. The van der Waals surface area contributed by atoms with Gasteiger partial charge < -0.3 is 15.4 Å². The molecular formula is C23H20N4O4. The molecule has 0 fully saturated rings. The smallest absolute Gasteiger partial charge is 0.261 e. The number of carbonyl (C=O) groups excluding carboxylic acids is 3. The Morgan fingerprint density at radius 2 is 1.87 bits per heavy atom. The number of rotatable bonds is 5. The average molecular weight is 416 g/mol. The lowest BCUT2D eigenvalue weighted by Gasteiger charge is -2.29. The maximum atomic E-state index is 13.0. The van der Waals surface area contributed by atoms with Crippen LogP contribution in [0.25, 0.3) is 0 Å². The van der Waals surface area contributed by atoms with Crippen LogP contribution in [0.5, 0.6) is 5.88 Å². The Balaban J connectivity index is 1.51. The number of nitrogens with one attached hydrogen (secondary N) is 2. The molecule has 0 bridgehead atoms. The monoisotopic (exact) mass is 416 g/mol. The summed E-state index contributed by atoms with van der Waals surface area (Å²) in [6, 6.07) is 16.9. The fourth-order valence-electron chi connectivity index (χ4n) is 3.28. The lowest BCUT2D eigenvalue weighted by atomic mass is 10.1. The second-order valence-electron chi connectivity index (χ2n) is 6.78. The molecule has 0 radical (unpaired) electrons. The van der Waals surface area contributed by atoms with Crippen LogP contribution < -0.4 is 20.3 Å². The molecule has 0 saturated heterocycles. The number of anilines is 3. The predicted molar refractivity (Wildman–Crippen MR) is 117 cm³/mol. The summed E-state index contributed by atoms with van der Waals surface area (Å²) in [6.07, 6.45) is 1.56. The van der Waals surface area contributed by atoms with Crippen LogP contribution in [0, 0.1) is 0 Å². The lowest BCUT2D eigenvalue weighted by molar-refractivity contribution is -0.115. The highest BCUT2D eigenvalue weighted by Crippen LogP contribution is 2.30.